The number of amidine groups is 1. The number of ether oxygens (including phenoxy) is 1. The van der Waals surface area contributed by atoms with E-state index in [0.717, 1.165) is 71.8 Å². The van der Waals surface area contributed by atoms with Crippen LogP contribution in [0.15, 0.2) is 56.9 Å². The third kappa shape index (κ3) is 5.74. The average molecular weight is 607 g/mol. The lowest BCUT2D eigenvalue weighted by atomic mass is 9.95. The zero-order valence-electron chi connectivity index (χ0n) is 25.9. The summed E-state index contributed by atoms with van der Waals surface area (Å²) in [4.78, 5) is 20.8. The number of amides is 1. The van der Waals surface area contributed by atoms with Crippen LogP contribution in [0.1, 0.15) is 81.2 Å². The van der Waals surface area contributed by atoms with E-state index in [1.54, 1.807) is 26.0 Å². The Balaban J connectivity index is 1.50. The first-order valence-corrected chi connectivity index (χ1v) is 16.7. The Morgan fingerprint density at radius 3 is 2.47 bits per heavy atom. The number of carbonyl (C=O) groups excluding carboxylic acids is 1. The Morgan fingerprint density at radius 2 is 1.81 bits per heavy atom. The van der Waals surface area contributed by atoms with Gasteiger partial charge in [0.05, 0.1) is 11.4 Å². The van der Waals surface area contributed by atoms with Crippen molar-refractivity contribution in [2.24, 2.45) is 4.99 Å². The summed E-state index contributed by atoms with van der Waals surface area (Å²) in [6.07, 6.45) is 7.27. The van der Waals surface area contributed by atoms with E-state index in [1.807, 2.05) is 29.2 Å². The predicted molar refractivity (Wildman–Crippen MR) is 167 cm³/mol. The number of aliphatic imine (C=N–C) groups is 1. The minimum Gasteiger partial charge on any atom is -0.363 e. The largest absolute Gasteiger partial charge is 0.363 e. The van der Waals surface area contributed by atoms with E-state index in [9.17, 15) is 13.2 Å². The van der Waals surface area contributed by atoms with Crippen molar-refractivity contribution in [3.05, 3.63) is 64.9 Å². The van der Waals surface area contributed by atoms with Gasteiger partial charge in [-0.15, -0.1) is 0 Å². The molecule has 1 fully saturated rings. The maximum Gasteiger partial charge on any atom is 0.268 e. The fourth-order valence-electron chi connectivity index (χ4n) is 6.21. The van der Waals surface area contributed by atoms with Gasteiger partial charge in [0.25, 0.3) is 15.9 Å². The topological polar surface area (TPSA) is 105 Å². The summed E-state index contributed by atoms with van der Waals surface area (Å²) in [6, 6.07) is 13.1. The molecule has 43 heavy (non-hydrogen) atoms. The van der Waals surface area contributed by atoms with Crippen molar-refractivity contribution in [1.29, 1.82) is 0 Å². The van der Waals surface area contributed by atoms with Gasteiger partial charge < -0.3 is 9.26 Å². The van der Waals surface area contributed by atoms with Gasteiger partial charge in [0, 0.05) is 24.7 Å². The first-order valence-electron chi connectivity index (χ1n) is 15.2. The number of rotatable bonds is 12. The molecule has 10 heteroatoms. The van der Waals surface area contributed by atoms with E-state index in [1.165, 1.54) is 7.11 Å². The van der Waals surface area contributed by atoms with Crippen LogP contribution < -0.4 is 4.31 Å². The van der Waals surface area contributed by atoms with Crippen LogP contribution in [-0.2, 0) is 32.5 Å². The zero-order chi connectivity index (χ0) is 30.8. The number of hydrogen-bond donors (Lipinski definition) is 0. The maximum atomic E-state index is 14.2. The Labute approximate surface area is 255 Å². The molecule has 1 aromatic heterocycles. The molecule has 0 N–H and O–H groups in total. The minimum atomic E-state index is -4.08. The van der Waals surface area contributed by atoms with Crippen LogP contribution in [0.3, 0.4) is 0 Å². The summed E-state index contributed by atoms with van der Waals surface area (Å²) in [5, 5.41) is 4.03. The van der Waals surface area contributed by atoms with Crippen LogP contribution in [0.25, 0.3) is 11.1 Å². The Bertz CT molecular complexity index is 1620. The maximum absolute atomic E-state index is 14.2. The highest BCUT2D eigenvalue weighted by Crippen LogP contribution is 2.41. The van der Waals surface area contributed by atoms with Crippen molar-refractivity contribution in [1.82, 2.24) is 10.1 Å². The van der Waals surface area contributed by atoms with Gasteiger partial charge in [0.15, 0.2) is 5.82 Å². The first kappa shape index (κ1) is 30.9. The molecule has 2 aromatic carbocycles. The lowest BCUT2D eigenvalue weighted by Gasteiger charge is -2.24. The molecule has 5 rings (SSSR count). The summed E-state index contributed by atoms with van der Waals surface area (Å²) in [5.74, 6) is 1.79. The SMILES string of the molecule is CCCCC1=NC2(CCCC2)C(=O)N1Cc1ccc(-c2ccccc2S(=O)(=O)N(COC)c2noc(C)c2C)c(CC)c1. The molecule has 1 aliphatic carbocycles. The number of carbonyl (C=O) groups is 1. The number of aromatic nitrogens is 1. The van der Waals surface area contributed by atoms with Crippen molar-refractivity contribution >= 4 is 27.6 Å². The molecule has 1 saturated carbocycles. The molecule has 1 aliphatic heterocycles. The molecular weight excluding hydrogens is 564 g/mol. The molecule has 3 aromatic rings. The third-order valence-electron chi connectivity index (χ3n) is 8.73. The summed E-state index contributed by atoms with van der Waals surface area (Å²) in [7, 11) is -2.63. The van der Waals surface area contributed by atoms with Crippen molar-refractivity contribution in [3.8, 4) is 11.1 Å². The highest BCUT2D eigenvalue weighted by Gasteiger charge is 2.49. The number of benzene rings is 2. The second-order valence-electron chi connectivity index (χ2n) is 11.6. The number of anilines is 1. The second-order valence-corrected chi connectivity index (χ2v) is 13.4. The average Bonchev–Trinajstić information content (AvgIpc) is 3.69. The minimum absolute atomic E-state index is 0.131. The number of methoxy groups -OCH3 is 1. The molecule has 0 radical (unpaired) electrons. The fourth-order valence-corrected chi connectivity index (χ4v) is 7.80. The van der Waals surface area contributed by atoms with Gasteiger partial charge >= 0.3 is 0 Å². The molecular formula is C33H42N4O5S. The molecule has 9 nitrogen and oxygen atoms in total. The molecule has 0 saturated heterocycles. The van der Waals surface area contributed by atoms with Gasteiger partial charge in [-0.3, -0.25) is 14.7 Å². The molecule has 0 bridgehead atoms. The Morgan fingerprint density at radius 1 is 1.07 bits per heavy atom. The van der Waals surface area contributed by atoms with Gasteiger partial charge in [-0.1, -0.05) is 74.7 Å². The zero-order valence-corrected chi connectivity index (χ0v) is 26.7. The van der Waals surface area contributed by atoms with E-state index in [-0.39, 0.29) is 23.4 Å². The lowest BCUT2D eigenvalue weighted by Crippen LogP contribution is -2.40. The van der Waals surface area contributed by atoms with Gasteiger partial charge in [0.2, 0.25) is 0 Å². The summed E-state index contributed by atoms with van der Waals surface area (Å²) < 4.78 is 40.1. The van der Waals surface area contributed by atoms with Gasteiger partial charge in [-0.2, -0.15) is 0 Å². The van der Waals surface area contributed by atoms with E-state index in [0.29, 0.717) is 29.9 Å². The second kappa shape index (κ2) is 12.6. The van der Waals surface area contributed by atoms with Crippen LogP contribution >= 0.6 is 0 Å². The van der Waals surface area contributed by atoms with Crippen LogP contribution in [0.5, 0.6) is 0 Å². The summed E-state index contributed by atoms with van der Waals surface area (Å²) >= 11 is 0. The lowest BCUT2D eigenvalue weighted by molar-refractivity contribution is -0.131. The molecule has 230 valence electrons. The van der Waals surface area contributed by atoms with Crippen LogP contribution in [-0.4, -0.2) is 49.6 Å². The van der Waals surface area contributed by atoms with E-state index >= 15 is 0 Å². The van der Waals surface area contributed by atoms with E-state index < -0.39 is 15.6 Å². The Kier molecular flexibility index (Phi) is 9.08. The Hall–Kier alpha value is -3.50. The van der Waals surface area contributed by atoms with Crippen molar-refractivity contribution < 1.29 is 22.5 Å². The molecule has 0 atom stereocenters. The smallest absolute Gasteiger partial charge is 0.268 e. The van der Waals surface area contributed by atoms with Crippen LogP contribution in [0, 0.1) is 13.8 Å². The molecule has 1 amide bonds. The first-order chi connectivity index (χ1) is 20.7. The molecule has 1 spiro atoms. The number of hydrogen-bond acceptors (Lipinski definition) is 7. The van der Waals surface area contributed by atoms with Crippen molar-refractivity contribution in [2.75, 3.05) is 18.1 Å². The van der Waals surface area contributed by atoms with Crippen LogP contribution in [0.4, 0.5) is 5.82 Å². The predicted octanol–water partition coefficient (Wildman–Crippen LogP) is 6.56. The van der Waals surface area contributed by atoms with E-state index in [4.69, 9.17) is 14.3 Å². The van der Waals surface area contributed by atoms with Gasteiger partial charge in [-0.25, -0.2) is 12.7 Å². The highest BCUT2D eigenvalue weighted by atomic mass is 32.2. The van der Waals surface area contributed by atoms with Gasteiger partial charge in [0.1, 0.15) is 23.9 Å². The van der Waals surface area contributed by atoms with Crippen molar-refractivity contribution in [3.63, 3.8) is 0 Å². The normalized spacial score (nSPS) is 16.3. The monoisotopic (exact) mass is 606 g/mol. The van der Waals surface area contributed by atoms with E-state index in [2.05, 4.69) is 25.1 Å². The number of sulfonamides is 1. The molecule has 2 heterocycles. The third-order valence-corrected chi connectivity index (χ3v) is 10.5. The number of nitrogens with zero attached hydrogens (tertiary/aromatic N) is 4. The highest BCUT2D eigenvalue weighted by molar-refractivity contribution is 7.93. The number of unbranched alkanes of at least 4 members (excludes halogenated alkanes) is 1. The summed E-state index contributed by atoms with van der Waals surface area (Å²) in [5.41, 5.74) is 3.49. The molecule has 2 aliphatic rings. The number of aryl methyl sites for hydroxylation is 2. The molecule has 0 unspecified atom stereocenters. The standard InChI is InChI=1S/C33H42N4O5S/c1-6-8-15-30-34-33(18-11-12-19-33)32(38)36(30)21-25-16-17-27(26(7-2)20-25)28-13-9-10-14-29(28)43(39,40)37(22-41-5)31-23(3)24(4)42-35-31/h9-10,13-14,16-17,20H,6-8,11-12,15,18-19,21-22H2,1-5H3. The summed E-state index contributed by atoms with van der Waals surface area (Å²) in [6.45, 7) is 7.98. The quantitative estimate of drug-likeness (QED) is 0.216. The van der Waals surface area contributed by atoms with Gasteiger partial charge in [-0.05, 0) is 62.3 Å². The van der Waals surface area contributed by atoms with Crippen LogP contribution in [0.2, 0.25) is 0 Å². The van der Waals surface area contributed by atoms with Crippen molar-refractivity contribution in [2.45, 2.75) is 96.0 Å². The fraction of sp³-hybridized carbons (Fsp3) is 0.485.